The van der Waals surface area contributed by atoms with Crippen LogP contribution in [0.25, 0.3) is 0 Å². The van der Waals surface area contributed by atoms with Crippen LogP contribution in [0, 0.1) is 0 Å². The fourth-order valence-corrected chi connectivity index (χ4v) is 4.16. The van der Waals surface area contributed by atoms with Crippen LogP contribution in [0.15, 0.2) is 58.7 Å². The molecule has 10 unspecified atom stereocenters. The van der Waals surface area contributed by atoms with E-state index in [0.29, 0.717) is 11.1 Å². The second kappa shape index (κ2) is 13.6. The molecular formula is C26H32N2O12. The van der Waals surface area contributed by atoms with Crippen molar-refractivity contribution in [3.8, 4) is 11.5 Å². The third kappa shape index (κ3) is 6.64. The highest BCUT2D eigenvalue weighted by Gasteiger charge is 2.46. The maximum absolute atomic E-state index is 10.3. The van der Waals surface area contributed by atoms with Gasteiger partial charge in [-0.25, -0.2) is 0 Å². The van der Waals surface area contributed by atoms with Crippen LogP contribution in [-0.4, -0.2) is 128 Å². The van der Waals surface area contributed by atoms with Crippen molar-refractivity contribution in [2.24, 2.45) is 10.2 Å². The summed E-state index contributed by atoms with van der Waals surface area (Å²) in [6, 6.07) is 13.2. The van der Waals surface area contributed by atoms with E-state index in [4.69, 9.17) is 18.9 Å². The molecule has 2 aliphatic rings. The van der Waals surface area contributed by atoms with E-state index in [1.165, 1.54) is 12.4 Å². The van der Waals surface area contributed by atoms with E-state index in [-0.39, 0.29) is 11.5 Å². The average molecular weight is 565 g/mol. The third-order valence-electron chi connectivity index (χ3n) is 6.48. The summed E-state index contributed by atoms with van der Waals surface area (Å²) in [5, 5.41) is 87.2. The summed E-state index contributed by atoms with van der Waals surface area (Å²) in [5.74, 6) is 0.439. The number of hydrogen-bond donors (Lipinski definition) is 8. The molecule has 0 aromatic heterocycles. The normalized spacial score (nSPS) is 34.8. The predicted molar refractivity (Wildman–Crippen MR) is 137 cm³/mol. The monoisotopic (exact) mass is 564 g/mol. The number of aliphatic hydroxyl groups excluding tert-OH is 8. The van der Waals surface area contributed by atoms with E-state index in [1.54, 1.807) is 48.5 Å². The van der Waals surface area contributed by atoms with Gasteiger partial charge in [-0.1, -0.05) is 24.3 Å². The van der Waals surface area contributed by atoms with Crippen molar-refractivity contribution in [3.05, 3.63) is 59.7 Å². The third-order valence-corrected chi connectivity index (χ3v) is 6.48. The minimum atomic E-state index is -1.59. The summed E-state index contributed by atoms with van der Waals surface area (Å²) in [7, 11) is 0. The lowest BCUT2D eigenvalue weighted by molar-refractivity contribution is -0.277. The van der Waals surface area contributed by atoms with Gasteiger partial charge in [0.2, 0.25) is 12.6 Å². The first-order chi connectivity index (χ1) is 19.2. The Bertz CT molecular complexity index is 1070. The Hall–Kier alpha value is -3.02. The topological polar surface area (TPSA) is 223 Å². The van der Waals surface area contributed by atoms with Gasteiger partial charge in [0.25, 0.3) is 0 Å². The van der Waals surface area contributed by atoms with Gasteiger partial charge in [0.1, 0.15) is 60.3 Å². The Labute approximate surface area is 228 Å². The Morgan fingerprint density at radius 3 is 1.32 bits per heavy atom. The first kappa shape index (κ1) is 30.0. The molecule has 4 rings (SSSR count). The Balaban J connectivity index is 1.45. The lowest BCUT2D eigenvalue weighted by Gasteiger charge is -2.39. The van der Waals surface area contributed by atoms with Gasteiger partial charge < -0.3 is 59.8 Å². The molecule has 2 aromatic rings. The average Bonchev–Trinajstić information content (AvgIpc) is 2.97. The SMILES string of the molecule is OCC1OC(Oc2ccccc2/C=N/N=C/c2ccccc2OC2OC(CO)C(O)C(O)C2O)C(O)C(O)C1O. The van der Waals surface area contributed by atoms with Crippen molar-refractivity contribution in [1.29, 1.82) is 0 Å². The van der Waals surface area contributed by atoms with Crippen LogP contribution in [0.1, 0.15) is 11.1 Å². The number of ether oxygens (including phenoxy) is 4. The zero-order valence-electron chi connectivity index (χ0n) is 21.1. The second-order valence-electron chi connectivity index (χ2n) is 9.20. The van der Waals surface area contributed by atoms with E-state index >= 15 is 0 Å². The molecule has 0 aliphatic carbocycles. The zero-order chi connectivity index (χ0) is 28.8. The highest BCUT2D eigenvalue weighted by molar-refractivity contribution is 5.86. The van der Waals surface area contributed by atoms with Crippen LogP contribution in [-0.2, 0) is 9.47 Å². The number of rotatable bonds is 9. The molecule has 14 nitrogen and oxygen atoms in total. The molecule has 0 amide bonds. The molecule has 14 heteroatoms. The molecule has 0 radical (unpaired) electrons. The van der Waals surface area contributed by atoms with Crippen molar-refractivity contribution in [3.63, 3.8) is 0 Å². The highest BCUT2D eigenvalue weighted by Crippen LogP contribution is 2.27. The van der Waals surface area contributed by atoms with Crippen LogP contribution in [0.5, 0.6) is 11.5 Å². The van der Waals surface area contributed by atoms with E-state index in [0.717, 1.165) is 0 Å². The molecule has 2 heterocycles. The lowest BCUT2D eigenvalue weighted by Crippen LogP contribution is -2.60. The summed E-state index contributed by atoms with van der Waals surface area (Å²) < 4.78 is 22.2. The molecule has 0 bridgehead atoms. The van der Waals surface area contributed by atoms with Gasteiger partial charge in [-0.2, -0.15) is 10.2 Å². The molecule has 2 aliphatic heterocycles. The molecule has 2 fully saturated rings. The largest absolute Gasteiger partial charge is 0.461 e. The fourth-order valence-electron chi connectivity index (χ4n) is 4.16. The Morgan fingerprint density at radius 1 is 0.575 bits per heavy atom. The van der Waals surface area contributed by atoms with Gasteiger partial charge in [0.15, 0.2) is 0 Å². The Kier molecular flexibility index (Phi) is 10.2. The summed E-state index contributed by atoms with van der Waals surface area (Å²) in [6.45, 7) is -1.19. The lowest BCUT2D eigenvalue weighted by atomic mass is 9.99. The first-order valence-corrected chi connectivity index (χ1v) is 12.4. The zero-order valence-corrected chi connectivity index (χ0v) is 21.1. The summed E-state index contributed by atoms with van der Waals surface area (Å²) in [4.78, 5) is 0. The van der Waals surface area contributed by atoms with E-state index < -0.39 is 74.6 Å². The van der Waals surface area contributed by atoms with Gasteiger partial charge in [-0.3, -0.25) is 0 Å². The first-order valence-electron chi connectivity index (χ1n) is 12.4. The van der Waals surface area contributed by atoms with Crippen molar-refractivity contribution in [2.45, 2.75) is 61.4 Å². The predicted octanol–water partition coefficient (Wildman–Crippen LogP) is -2.50. The van der Waals surface area contributed by atoms with Gasteiger partial charge >= 0.3 is 0 Å². The maximum atomic E-state index is 10.3. The number of aliphatic hydroxyl groups is 8. The molecule has 40 heavy (non-hydrogen) atoms. The van der Waals surface area contributed by atoms with Crippen molar-refractivity contribution >= 4 is 12.4 Å². The number of para-hydroxylation sites is 2. The van der Waals surface area contributed by atoms with E-state index in [1.807, 2.05) is 0 Å². The van der Waals surface area contributed by atoms with Gasteiger partial charge in [0, 0.05) is 11.1 Å². The van der Waals surface area contributed by atoms with Gasteiger partial charge in [0.05, 0.1) is 25.6 Å². The van der Waals surface area contributed by atoms with Gasteiger partial charge in [-0.15, -0.1) is 0 Å². The van der Waals surface area contributed by atoms with Crippen LogP contribution in [0.2, 0.25) is 0 Å². The van der Waals surface area contributed by atoms with Crippen molar-refractivity contribution < 1.29 is 59.8 Å². The molecule has 218 valence electrons. The number of hydrogen-bond acceptors (Lipinski definition) is 14. The molecule has 2 aromatic carbocycles. The number of benzene rings is 2. The van der Waals surface area contributed by atoms with Crippen LogP contribution < -0.4 is 9.47 Å². The minimum absolute atomic E-state index is 0.220. The van der Waals surface area contributed by atoms with Crippen molar-refractivity contribution in [2.75, 3.05) is 13.2 Å². The maximum Gasteiger partial charge on any atom is 0.229 e. The smallest absolute Gasteiger partial charge is 0.229 e. The van der Waals surface area contributed by atoms with Gasteiger partial charge in [-0.05, 0) is 24.3 Å². The summed E-state index contributed by atoms with van der Waals surface area (Å²) >= 11 is 0. The molecule has 10 atom stereocenters. The van der Waals surface area contributed by atoms with Crippen LogP contribution in [0.4, 0.5) is 0 Å². The fraction of sp³-hybridized carbons (Fsp3) is 0.462. The number of nitrogens with zero attached hydrogens (tertiary/aromatic N) is 2. The van der Waals surface area contributed by atoms with Crippen LogP contribution >= 0.6 is 0 Å². The van der Waals surface area contributed by atoms with E-state index in [2.05, 4.69) is 10.2 Å². The standard InChI is InChI=1S/C26H32N2O12/c29-11-17-19(31)21(33)23(35)25(39-17)37-15-7-3-1-5-13(15)9-27-28-10-14-6-2-4-8-16(14)38-26-24(36)22(34)20(32)18(12-30)40-26/h1-10,17-26,29-36H,11-12H2/b27-9+,28-10+. The summed E-state index contributed by atoms with van der Waals surface area (Å²) in [5.41, 5.74) is 0.866. The second-order valence-corrected chi connectivity index (χ2v) is 9.20. The molecule has 0 spiro atoms. The van der Waals surface area contributed by atoms with Crippen LogP contribution in [0.3, 0.4) is 0 Å². The molecule has 2 saturated heterocycles. The summed E-state index contributed by atoms with van der Waals surface area (Å²) in [6.07, 6.45) is -11.7. The van der Waals surface area contributed by atoms with E-state index in [9.17, 15) is 40.9 Å². The Morgan fingerprint density at radius 2 is 0.950 bits per heavy atom. The highest BCUT2D eigenvalue weighted by atomic mass is 16.7. The molecule has 0 saturated carbocycles. The quantitative estimate of drug-likeness (QED) is 0.117. The molecule has 8 N–H and O–H groups in total. The van der Waals surface area contributed by atoms with Crippen molar-refractivity contribution in [1.82, 2.24) is 0 Å². The molecular weight excluding hydrogens is 532 g/mol. The minimum Gasteiger partial charge on any atom is -0.461 e.